The van der Waals surface area contributed by atoms with Crippen LogP contribution < -0.4 is 20.1 Å². The first-order valence-corrected chi connectivity index (χ1v) is 9.32. The van der Waals surface area contributed by atoms with Crippen molar-refractivity contribution < 1.29 is 14.3 Å². The number of benzene rings is 3. The monoisotopic (exact) mass is 376 g/mol. The Morgan fingerprint density at radius 3 is 1.96 bits per heavy atom. The number of hydrogen-bond acceptors (Lipinski definition) is 3. The maximum atomic E-state index is 12.3. The van der Waals surface area contributed by atoms with Crippen LogP contribution in [0.5, 0.6) is 11.5 Å². The van der Waals surface area contributed by atoms with Crippen molar-refractivity contribution in [3.63, 3.8) is 0 Å². The molecule has 3 rings (SSSR count). The highest BCUT2D eigenvalue weighted by molar-refractivity contribution is 6.00. The lowest BCUT2D eigenvalue weighted by atomic mass is 10.1. The van der Waals surface area contributed by atoms with Crippen LogP contribution >= 0.6 is 0 Å². The van der Waals surface area contributed by atoms with Crippen molar-refractivity contribution in [2.24, 2.45) is 0 Å². The highest BCUT2D eigenvalue weighted by Crippen LogP contribution is 2.30. The normalized spacial score (nSPS) is 10.2. The zero-order valence-electron chi connectivity index (χ0n) is 16.1. The number of hydrogen-bond donors (Lipinski definition) is 2. The van der Waals surface area contributed by atoms with Gasteiger partial charge in [-0.1, -0.05) is 42.5 Å². The molecule has 0 aliphatic rings. The Kier molecular flexibility index (Phi) is 6.52. The average molecular weight is 376 g/mol. The average Bonchev–Trinajstić information content (AvgIpc) is 2.71. The van der Waals surface area contributed by atoms with Gasteiger partial charge in [-0.05, 0) is 49.2 Å². The van der Waals surface area contributed by atoms with Crippen LogP contribution in [0.3, 0.4) is 0 Å². The number of amides is 2. The third kappa shape index (κ3) is 5.04. The van der Waals surface area contributed by atoms with Crippen LogP contribution in [0.15, 0.2) is 72.8 Å². The minimum absolute atomic E-state index is 0.320. The van der Waals surface area contributed by atoms with Crippen LogP contribution in [-0.4, -0.2) is 19.2 Å². The van der Waals surface area contributed by atoms with Crippen molar-refractivity contribution in [3.05, 3.63) is 72.8 Å². The lowest BCUT2D eigenvalue weighted by molar-refractivity contribution is 0.262. The molecule has 5 nitrogen and oxygen atoms in total. The van der Waals surface area contributed by atoms with Gasteiger partial charge < -0.3 is 20.1 Å². The predicted molar refractivity (Wildman–Crippen MR) is 113 cm³/mol. The van der Waals surface area contributed by atoms with Gasteiger partial charge in [0.1, 0.15) is 0 Å². The van der Waals surface area contributed by atoms with Crippen LogP contribution in [-0.2, 0) is 0 Å². The van der Waals surface area contributed by atoms with Gasteiger partial charge in [0.15, 0.2) is 11.5 Å². The Bertz CT molecular complexity index is 909. The molecular weight excluding hydrogens is 352 g/mol. The van der Waals surface area contributed by atoms with Gasteiger partial charge in [-0.2, -0.15) is 0 Å². The number of nitrogens with one attached hydrogen (secondary N) is 2. The lowest BCUT2D eigenvalue weighted by Crippen LogP contribution is -2.19. The first-order chi connectivity index (χ1) is 13.7. The van der Waals surface area contributed by atoms with Crippen molar-refractivity contribution in [2.45, 2.75) is 13.8 Å². The van der Waals surface area contributed by atoms with E-state index in [2.05, 4.69) is 22.8 Å². The van der Waals surface area contributed by atoms with Gasteiger partial charge in [-0.3, -0.25) is 0 Å². The first kappa shape index (κ1) is 19.3. The van der Waals surface area contributed by atoms with E-state index < -0.39 is 0 Å². The maximum Gasteiger partial charge on any atom is 0.323 e. The summed E-state index contributed by atoms with van der Waals surface area (Å²) in [5.74, 6) is 1.26. The Balaban J connectivity index is 1.64. The van der Waals surface area contributed by atoms with Crippen molar-refractivity contribution in [2.75, 3.05) is 23.8 Å². The molecule has 144 valence electrons. The Labute approximate surface area is 165 Å². The van der Waals surface area contributed by atoms with Crippen LogP contribution in [0.1, 0.15) is 13.8 Å². The second kappa shape index (κ2) is 9.46. The summed E-state index contributed by atoms with van der Waals surface area (Å²) in [5.41, 5.74) is 3.58. The summed E-state index contributed by atoms with van der Waals surface area (Å²) in [6.07, 6.45) is 0. The molecule has 0 aliphatic carbocycles. The lowest BCUT2D eigenvalue weighted by Gasteiger charge is -2.13. The van der Waals surface area contributed by atoms with Crippen molar-refractivity contribution in [3.8, 4) is 22.6 Å². The number of rotatable bonds is 7. The van der Waals surface area contributed by atoms with Gasteiger partial charge in [0.05, 0.1) is 13.2 Å². The summed E-state index contributed by atoms with van der Waals surface area (Å²) in [6, 6.07) is 22.8. The maximum absolute atomic E-state index is 12.3. The third-order valence-corrected chi connectivity index (χ3v) is 4.05. The molecule has 0 saturated carbocycles. The molecule has 28 heavy (non-hydrogen) atoms. The molecule has 0 aliphatic heterocycles. The van der Waals surface area contributed by atoms with Gasteiger partial charge in [0.25, 0.3) is 0 Å². The first-order valence-electron chi connectivity index (χ1n) is 9.32. The Morgan fingerprint density at radius 2 is 1.29 bits per heavy atom. The van der Waals surface area contributed by atoms with Gasteiger partial charge in [-0.25, -0.2) is 4.79 Å². The van der Waals surface area contributed by atoms with E-state index in [1.165, 1.54) is 0 Å². The van der Waals surface area contributed by atoms with E-state index in [1.807, 2.05) is 56.3 Å². The SMILES string of the molecule is CCOc1ccc(NC(=O)Nc2ccc(-c3ccccc3)cc2)cc1OCC. The summed E-state index contributed by atoms with van der Waals surface area (Å²) < 4.78 is 11.1. The van der Waals surface area contributed by atoms with Gasteiger partial charge in [-0.15, -0.1) is 0 Å². The fourth-order valence-corrected chi connectivity index (χ4v) is 2.80. The zero-order chi connectivity index (χ0) is 19.8. The van der Waals surface area contributed by atoms with E-state index >= 15 is 0 Å². The molecule has 0 aromatic heterocycles. The zero-order valence-corrected chi connectivity index (χ0v) is 16.1. The van der Waals surface area contributed by atoms with E-state index in [9.17, 15) is 4.79 Å². The summed E-state index contributed by atoms with van der Waals surface area (Å²) >= 11 is 0. The second-order valence-electron chi connectivity index (χ2n) is 6.05. The van der Waals surface area contributed by atoms with Crippen LogP contribution in [0.2, 0.25) is 0 Å². The molecule has 0 spiro atoms. The molecule has 0 bridgehead atoms. The van der Waals surface area contributed by atoms with Crippen molar-refractivity contribution in [1.82, 2.24) is 0 Å². The number of carbonyl (C=O) groups is 1. The number of urea groups is 1. The molecule has 0 atom stereocenters. The topological polar surface area (TPSA) is 59.6 Å². The van der Waals surface area contributed by atoms with E-state index in [1.54, 1.807) is 18.2 Å². The largest absolute Gasteiger partial charge is 0.490 e. The Morgan fingerprint density at radius 1 is 0.714 bits per heavy atom. The smallest absolute Gasteiger partial charge is 0.323 e. The third-order valence-electron chi connectivity index (χ3n) is 4.05. The standard InChI is InChI=1S/C23H24N2O3/c1-3-27-21-15-14-20(16-22(21)28-4-2)25-23(26)24-19-12-10-18(11-13-19)17-8-6-5-7-9-17/h5-16H,3-4H2,1-2H3,(H2,24,25,26). The van der Waals surface area contributed by atoms with E-state index in [0.29, 0.717) is 36.1 Å². The highest BCUT2D eigenvalue weighted by Gasteiger charge is 2.09. The highest BCUT2D eigenvalue weighted by atomic mass is 16.5. The van der Waals surface area contributed by atoms with Gasteiger partial charge >= 0.3 is 6.03 Å². The molecular formula is C23H24N2O3. The minimum Gasteiger partial charge on any atom is -0.490 e. The summed E-state index contributed by atoms with van der Waals surface area (Å²) in [6.45, 7) is 4.88. The second-order valence-corrected chi connectivity index (χ2v) is 6.05. The molecule has 0 unspecified atom stereocenters. The minimum atomic E-state index is -0.320. The molecule has 2 amide bonds. The van der Waals surface area contributed by atoms with Crippen molar-refractivity contribution in [1.29, 1.82) is 0 Å². The molecule has 5 heteroatoms. The fourth-order valence-electron chi connectivity index (χ4n) is 2.80. The Hall–Kier alpha value is -3.47. The molecule has 2 N–H and O–H groups in total. The van der Waals surface area contributed by atoms with Crippen LogP contribution in [0.25, 0.3) is 11.1 Å². The molecule has 0 heterocycles. The quantitative estimate of drug-likeness (QED) is 0.548. The van der Waals surface area contributed by atoms with Crippen molar-refractivity contribution >= 4 is 17.4 Å². The number of ether oxygens (including phenoxy) is 2. The number of carbonyl (C=O) groups excluding carboxylic acids is 1. The molecule has 3 aromatic carbocycles. The van der Waals surface area contributed by atoms with Gasteiger partial charge in [0.2, 0.25) is 0 Å². The fraction of sp³-hybridized carbons (Fsp3) is 0.174. The van der Waals surface area contributed by atoms with Gasteiger partial charge in [0, 0.05) is 17.4 Å². The molecule has 0 saturated heterocycles. The van der Waals surface area contributed by atoms with E-state index in [-0.39, 0.29) is 6.03 Å². The summed E-state index contributed by atoms with van der Waals surface area (Å²) in [4.78, 5) is 12.3. The van der Waals surface area contributed by atoms with Crippen LogP contribution in [0, 0.1) is 0 Å². The summed E-state index contributed by atoms with van der Waals surface area (Å²) in [7, 11) is 0. The summed E-state index contributed by atoms with van der Waals surface area (Å²) in [5, 5.41) is 5.66. The predicted octanol–water partition coefficient (Wildman–Crippen LogP) is 5.80. The van der Waals surface area contributed by atoms with E-state index in [4.69, 9.17) is 9.47 Å². The van der Waals surface area contributed by atoms with E-state index in [0.717, 1.165) is 11.1 Å². The van der Waals surface area contributed by atoms with Crippen LogP contribution in [0.4, 0.5) is 16.2 Å². The molecule has 0 radical (unpaired) electrons. The molecule has 3 aromatic rings. The number of anilines is 2. The molecule has 0 fully saturated rings.